The van der Waals surface area contributed by atoms with Gasteiger partial charge in [-0.15, -0.1) is 0 Å². The van der Waals surface area contributed by atoms with Crippen molar-refractivity contribution in [2.45, 2.75) is 46.1 Å². The normalized spacial score (nSPS) is 12.6. The predicted octanol–water partition coefficient (Wildman–Crippen LogP) is 2.65. The number of rotatable bonds is 6. The highest BCUT2D eigenvalue weighted by Crippen LogP contribution is 2.15. The van der Waals surface area contributed by atoms with E-state index in [0.717, 1.165) is 6.54 Å². The van der Waals surface area contributed by atoms with E-state index >= 15 is 0 Å². The zero-order valence-electron chi connectivity index (χ0n) is 10.3. The molecule has 2 N–H and O–H groups in total. The molecular weight excluding hydrogens is 200 g/mol. The SMILES string of the molecule is CCCCC(CC)Cn1ccc(=O)c(N)c1. The highest BCUT2D eigenvalue weighted by molar-refractivity contribution is 5.33. The molecule has 0 fully saturated rings. The van der Waals surface area contributed by atoms with Crippen LogP contribution in [0.15, 0.2) is 23.3 Å². The fraction of sp³-hybridized carbons (Fsp3) is 0.615. The van der Waals surface area contributed by atoms with Crippen LogP contribution < -0.4 is 11.2 Å². The van der Waals surface area contributed by atoms with Crippen molar-refractivity contribution in [3.8, 4) is 0 Å². The van der Waals surface area contributed by atoms with Gasteiger partial charge in [-0.1, -0.05) is 33.1 Å². The van der Waals surface area contributed by atoms with Crippen molar-refractivity contribution in [3.63, 3.8) is 0 Å². The molecule has 0 aromatic carbocycles. The fourth-order valence-electron chi connectivity index (χ4n) is 1.87. The zero-order chi connectivity index (χ0) is 12.0. The lowest BCUT2D eigenvalue weighted by Gasteiger charge is -2.16. The van der Waals surface area contributed by atoms with Crippen LogP contribution in [-0.2, 0) is 6.54 Å². The minimum Gasteiger partial charge on any atom is -0.394 e. The van der Waals surface area contributed by atoms with Crippen LogP contribution in [-0.4, -0.2) is 4.57 Å². The van der Waals surface area contributed by atoms with Crippen LogP contribution in [0.4, 0.5) is 5.69 Å². The maximum atomic E-state index is 11.2. The van der Waals surface area contributed by atoms with Crippen molar-refractivity contribution in [1.29, 1.82) is 0 Å². The van der Waals surface area contributed by atoms with Gasteiger partial charge in [0.25, 0.3) is 0 Å². The highest BCUT2D eigenvalue weighted by atomic mass is 16.1. The first-order valence-corrected chi connectivity index (χ1v) is 6.13. The smallest absolute Gasteiger partial charge is 0.204 e. The van der Waals surface area contributed by atoms with Crippen LogP contribution in [0.2, 0.25) is 0 Å². The summed E-state index contributed by atoms with van der Waals surface area (Å²) in [5.41, 5.74) is 5.86. The molecule has 1 unspecified atom stereocenters. The van der Waals surface area contributed by atoms with E-state index < -0.39 is 0 Å². The van der Waals surface area contributed by atoms with E-state index in [9.17, 15) is 4.79 Å². The Morgan fingerprint density at radius 1 is 1.44 bits per heavy atom. The Labute approximate surface area is 97.3 Å². The molecule has 3 nitrogen and oxygen atoms in total. The molecule has 0 spiro atoms. The largest absolute Gasteiger partial charge is 0.394 e. The third-order valence-electron chi connectivity index (χ3n) is 3.02. The first-order valence-electron chi connectivity index (χ1n) is 6.13. The number of nitrogen functional groups attached to an aromatic ring is 1. The third kappa shape index (κ3) is 3.72. The molecule has 0 radical (unpaired) electrons. The maximum absolute atomic E-state index is 11.2. The van der Waals surface area contributed by atoms with Crippen LogP contribution >= 0.6 is 0 Å². The standard InChI is InChI=1S/C13H22N2O/c1-3-5-6-11(4-2)9-15-8-7-13(16)12(14)10-15/h7-8,10-11H,3-6,9,14H2,1-2H3. The van der Waals surface area contributed by atoms with E-state index in [2.05, 4.69) is 13.8 Å². The van der Waals surface area contributed by atoms with Gasteiger partial charge in [0, 0.05) is 25.0 Å². The van der Waals surface area contributed by atoms with Gasteiger partial charge < -0.3 is 10.3 Å². The molecule has 0 saturated carbocycles. The lowest BCUT2D eigenvalue weighted by Crippen LogP contribution is -2.15. The molecule has 1 aromatic rings. The second-order valence-corrected chi connectivity index (χ2v) is 4.38. The molecular formula is C13H22N2O. The third-order valence-corrected chi connectivity index (χ3v) is 3.02. The summed E-state index contributed by atoms with van der Waals surface area (Å²) in [6, 6.07) is 1.54. The second-order valence-electron chi connectivity index (χ2n) is 4.38. The summed E-state index contributed by atoms with van der Waals surface area (Å²) in [6.45, 7) is 5.39. The molecule has 0 aliphatic carbocycles. The molecule has 1 atom stereocenters. The summed E-state index contributed by atoms with van der Waals surface area (Å²) in [5.74, 6) is 0.682. The molecule has 1 aromatic heterocycles. The fourth-order valence-corrected chi connectivity index (χ4v) is 1.87. The maximum Gasteiger partial charge on any atom is 0.204 e. The number of hydrogen-bond donors (Lipinski definition) is 1. The average Bonchev–Trinajstić information content (AvgIpc) is 2.29. The van der Waals surface area contributed by atoms with Crippen LogP contribution in [0.25, 0.3) is 0 Å². The Balaban J connectivity index is 2.63. The molecule has 1 heterocycles. The van der Waals surface area contributed by atoms with Crippen molar-refractivity contribution >= 4 is 5.69 Å². The molecule has 1 rings (SSSR count). The molecule has 3 heteroatoms. The Kier molecular flexibility index (Phi) is 5.09. The second kappa shape index (κ2) is 6.36. The van der Waals surface area contributed by atoms with Gasteiger partial charge in [-0.25, -0.2) is 0 Å². The van der Waals surface area contributed by atoms with Gasteiger partial charge in [0.1, 0.15) is 0 Å². The number of pyridine rings is 1. The highest BCUT2D eigenvalue weighted by Gasteiger charge is 2.06. The minimum absolute atomic E-state index is 0.0853. The van der Waals surface area contributed by atoms with Gasteiger partial charge in [0.15, 0.2) is 0 Å². The Morgan fingerprint density at radius 3 is 2.75 bits per heavy atom. The van der Waals surface area contributed by atoms with E-state index in [1.807, 2.05) is 10.8 Å². The van der Waals surface area contributed by atoms with E-state index in [0.29, 0.717) is 11.6 Å². The number of hydrogen-bond acceptors (Lipinski definition) is 2. The van der Waals surface area contributed by atoms with Gasteiger partial charge in [0.2, 0.25) is 5.43 Å². The molecule has 0 aliphatic heterocycles. The monoisotopic (exact) mass is 222 g/mol. The summed E-state index contributed by atoms with van der Waals surface area (Å²) in [4.78, 5) is 11.2. The summed E-state index contributed by atoms with van der Waals surface area (Å²) >= 11 is 0. The van der Waals surface area contributed by atoms with Crippen LogP contribution in [0.1, 0.15) is 39.5 Å². The number of anilines is 1. The van der Waals surface area contributed by atoms with Crippen LogP contribution in [0, 0.1) is 5.92 Å². The number of nitrogens with zero attached hydrogens (tertiary/aromatic N) is 1. The minimum atomic E-state index is -0.0853. The molecule has 0 amide bonds. The summed E-state index contributed by atoms with van der Waals surface area (Å²) in [5, 5.41) is 0. The number of nitrogens with two attached hydrogens (primary N) is 1. The first kappa shape index (κ1) is 12.8. The molecule has 16 heavy (non-hydrogen) atoms. The predicted molar refractivity (Wildman–Crippen MR) is 68.4 cm³/mol. The molecule has 0 bridgehead atoms. The van der Waals surface area contributed by atoms with Crippen LogP contribution in [0.3, 0.4) is 0 Å². The average molecular weight is 222 g/mol. The van der Waals surface area contributed by atoms with Crippen molar-refractivity contribution in [2.75, 3.05) is 5.73 Å². The van der Waals surface area contributed by atoms with Crippen LogP contribution in [0.5, 0.6) is 0 Å². The lowest BCUT2D eigenvalue weighted by atomic mass is 9.99. The topological polar surface area (TPSA) is 48.0 Å². The lowest BCUT2D eigenvalue weighted by molar-refractivity contribution is 0.390. The zero-order valence-corrected chi connectivity index (χ0v) is 10.3. The number of aromatic nitrogens is 1. The van der Waals surface area contributed by atoms with Gasteiger partial charge in [0.05, 0.1) is 5.69 Å². The molecule has 0 saturated heterocycles. The Bertz CT molecular complexity index is 370. The van der Waals surface area contributed by atoms with Crippen molar-refractivity contribution in [3.05, 3.63) is 28.7 Å². The van der Waals surface area contributed by atoms with E-state index in [-0.39, 0.29) is 5.43 Å². The molecule has 0 aliphatic rings. The van der Waals surface area contributed by atoms with E-state index in [1.165, 1.54) is 25.7 Å². The first-order chi connectivity index (χ1) is 7.67. The quantitative estimate of drug-likeness (QED) is 0.804. The van der Waals surface area contributed by atoms with Crippen molar-refractivity contribution in [2.24, 2.45) is 5.92 Å². The number of unbranched alkanes of at least 4 members (excludes halogenated alkanes) is 1. The summed E-state index contributed by atoms with van der Waals surface area (Å²) in [6.07, 6.45) is 8.51. The summed E-state index contributed by atoms with van der Waals surface area (Å²) in [7, 11) is 0. The van der Waals surface area contributed by atoms with E-state index in [4.69, 9.17) is 5.73 Å². The van der Waals surface area contributed by atoms with Gasteiger partial charge >= 0.3 is 0 Å². The van der Waals surface area contributed by atoms with Gasteiger partial charge in [-0.2, -0.15) is 0 Å². The van der Waals surface area contributed by atoms with Gasteiger partial charge in [-0.05, 0) is 12.3 Å². The van der Waals surface area contributed by atoms with E-state index in [1.54, 1.807) is 12.3 Å². The Morgan fingerprint density at radius 2 is 2.19 bits per heavy atom. The summed E-state index contributed by atoms with van der Waals surface area (Å²) < 4.78 is 2.03. The Hall–Kier alpha value is -1.25. The van der Waals surface area contributed by atoms with Crippen molar-refractivity contribution < 1.29 is 0 Å². The van der Waals surface area contributed by atoms with Crippen molar-refractivity contribution in [1.82, 2.24) is 4.57 Å². The van der Waals surface area contributed by atoms with Gasteiger partial charge in [-0.3, -0.25) is 4.79 Å². The molecule has 90 valence electrons.